The van der Waals surface area contributed by atoms with E-state index in [9.17, 15) is 0 Å². The topological polar surface area (TPSA) is 56.0 Å². The van der Waals surface area contributed by atoms with Crippen LogP contribution in [0.25, 0.3) is 39.1 Å². The lowest BCUT2D eigenvalue weighted by Gasteiger charge is -2.08. The molecule has 0 N–H and O–H groups in total. The summed E-state index contributed by atoms with van der Waals surface area (Å²) >= 11 is 6.05. The third-order valence-corrected chi connectivity index (χ3v) is 4.57. The smallest absolute Gasteiger partial charge is 0.186 e. The van der Waals surface area contributed by atoms with E-state index in [-0.39, 0.29) is 0 Å². The maximum absolute atomic E-state index is 6.05. The van der Waals surface area contributed by atoms with E-state index in [2.05, 4.69) is 15.2 Å². The van der Waals surface area contributed by atoms with Crippen molar-refractivity contribution >= 4 is 28.0 Å². The molecule has 0 aliphatic heterocycles. The first-order valence-corrected chi connectivity index (χ1v) is 8.49. The molecular weight excluding hydrogens is 346 g/mol. The SMILES string of the molecule is Clc1ccc(-c2nn3c(-c4ccncc4)nnc3c3ccccc23)cc1. The minimum absolute atomic E-state index is 0.684. The molecule has 26 heavy (non-hydrogen) atoms. The summed E-state index contributed by atoms with van der Waals surface area (Å²) in [5.41, 5.74) is 3.49. The Morgan fingerprint density at radius 2 is 1.46 bits per heavy atom. The van der Waals surface area contributed by atoms with Crippen LogP contribution in [0.2, 0.25) is 5.02 Å². The van der Waals surface area contributed by atoms with Crippen LogP contribution in [-0.2, 0) is 0 Å². The number of nitrogens with zero attached hydrogens (tertiary/aromatic N) is 5. The van der Waals surface area contributed by atoms with Gasteiger partial charge in [0.05, 0.1) is 5.69 Å². The van der Waals surface area contributed by atoms with Crippen molar-refractivity contribution in [1.82, 2.24) is 24.8 Å². The predicted molar refractivity (Wildman–Crippen MR) is 102 cm³/mol. The lowest BCUT2D eigenvalue weighted by atomic mass is 10.0. The highest BCUT2D eigenvalue weighted by Crippen LogP contribution is 2.31. The van der Waals surface area contributed by atoms with Crippen LogP contribution >= 0.6 is 11.6 Å². The van der Waals surface area contributed by atoms with Crippen LogP contribution < -0.4 is 0 Å². The van der Waals surface area contributed by atoms with Crippen molar-refractivity contribution in [1.29, 1.82) is 0 Å². The Bertz CT molecular complexity index is 1230. The average molecular weight is 358 g/mol. The molecule has 0 spiro atoms. The summed E-state index contributed by atoms with van der Waals surface area (Å²) in [7, 11) is 0. The number of hydrogen-bond acceptors (Lipinski definition) is 4. The zero-order valence-corrected chi connectivity index (χ0v) is 14.3. The molecule has 3 aromatic heterocycles. The van der Waals surface area contributed by atoms with Crippen LogP contribution in [0.5, 0.6) is 0 Å². The molecular formula is C20H12ClN5. The van der Waals surface area contributed by atoms with Gasteiger partial charge in [0.15, 0.2) is 11.5 Å². The highest BCUT2D eigenvalue weighted by molar-refractivity contribution is 6.30. The molecule has 0 aliphatic carbocycles. The first kappa shape index (κ1) is 15.0. The molecule has 2 aromatic carbocycles. The van der Waals surface area contributed by atoms with Crippen LogP contribution in [0.4, 0.5) is 0 Å². The number of hydrogen-bond donors (Lipinski definition) is 0. The van der Waals surface area contributed by atoms with Crippen molar-refractivity contribution in [3.63, 3.8) is 0 Å². The Labute approximate surface area is 153 Å². The predicted octanol–water partition coefficient (Wildman–Crippen LogP) is 4.66. The third-order valence-electron chi connectivity index (χ3n) is 4.32. The first-order chi connectivity index (χ1) is 12.8. The maximum Gasteiger partial charge on any atom is 0.186 e. The van der Waals surface area contributed by atoms with E-state index in [1.165, 1.54) is 0 Å². The Morgan fingerprint density at radius 1 is 0.731 bits per heavy atom. The van der Waals surface area contributed by atoms with Crippen LogP contribution in [0.1, 0.15) is 0 Å². The van der Waals surface area contributed by atoms with Gasteiger partial charge in [-0.25, -0.2) is 0 Å². The molecule has 0 saturated carbocycles. The summed E-state index contributed by atoms with van der Waals surface area (Å²) in [5, 5.41) is 16.3. The number of fused-ring (bicyclic) bond motifs is 3. The molecule has 0 bridgehead atoms. The van der Waals surface area contributed by atoms with Crippen molar-refractivity contribution in [2.75, 3.05) is 0 Å². The zero-order chi connectivity index (χ0) is 17.5. The van der Waals surface area contributed by atoms with E-state index in [4.69, 9.17) is 16.7 Å². The van der Waals surface area contributed by atoms with Gasteiger partial charge in [0.1, 0.15) is 0 Å². The summed E-state index contributed by atoms with van der Waals surface area (Å²) in [5.74, 6) is 0.684. The number of halogens is 1. The van der Waals surface area contributed by atoms with Gasteiger partial charge in [-0.15, -0.1) is 10.2 Å². The number of benzene rings is 2. The fourth-order valence-electron chi connectivity index (χ4n) is 3.08. The van der Waals surface area contributed by atoms with Gasteiger partial charge in [-0.3, -0.25) is 4.98 Å². The third kappa shape index (κ3) is 2.33. The quantitative estimate of drug-likeness (QED) is 0.461. The largest absolute Gasteiger partial charge is 0.265 e. The molecule has 124 valence electrons. The van der Waals surface area contributed by atoms with Gasteiger partial charge in [0.25, 0.3) is 0 Å². The Kier molecular flexibility index (Phi) is 3.40. The van der Waals surface area contributed by atoms with Gasteiger partial charge >= 0.3 is 0 Å². The van der Waals surface area contributed by atoms with Crippen LogP contribution in [-0.4, -0.2) is 24.8 Å². The molecule has 3 heterocycles. The molecule has 0 unspecified atom stereocenters. The van der Waals surface area contributed by atoms with E-state index in [0.717, 1.165) is 33.2 Å². The maximum atomic E-state index is 6.05. The molecule has 5 rings (SSSR count). The van der Waals surface area contributed by atoms with Gasteiger partial charge in [-0.2, -0.15) is 9.61 Å². The number of rotatable bonds is 2. The van der Waals surface area contributed by atoms with Gasteiger partial charge in [0.2, 0.25) is 0 Å². The van der Waals surface area contributed by atoms with Gasteiger partial charge in [-0.05, 0) is 24.3 Å². The van der Waals surface area contributed by atoms with Crippen molar-refractivity contribution in [3.05, 3.63) is 78.1 Å². The summed E-state index contributed by atoms with van der Waals surface area (Å²) in [6, 6.07) is 19.6. The van der Waals surface area contributed by atoms with E-state index in [0.29, 0.717) is 10.8 Å². The Balaban J connectivity index is 1.87. The monoisotopic (exact) mass is 357 g/mol. The summed E-state index contributed by atoms with van der Waals surface area (Å²) in [6.45, 7) is 0. The Hall–Kier alpha value is -3.31. The molecule has 0 radical (unpaired) electrons. The van der Waals surface area contributed by atoms with E-state index in [1.54, 1.807) is 16.9 Å². The highest BCUT2D eigenvalue weighted by Gasteiger charge is 2.16. The van der Waals surface area contributed by atoms with Crippen molar-refractivity contribution in [3.8, 4) is 22.6 Å². The fourth-order valence-corrected chi connectivity index (χ4v) is 3.21. The van der Waals surface area contributed by atoms with Crippen LogP contribution in [0, 0.1) is 0 Å². The molecule has 0 fully saturated rings. The minimum Gasteiger partial charge on any atom is -0.265 e. The minimum atomic E-state index is 0.684. The normalized spacial score (nSPS) is 11.3. The van der Waals surface area contributed by atoms with E-state index >= 15 is 0 Å². The van der Waals surface area contributed by atoms with Gasteiger partial charge < -0.3 is 0 Å². The highest BCUT2D eigenvalue weighted by atomic mass is 35.5. The lowest BCUT2D eigenvalue weighted by molar-refractivity contribution is 0.951. The molecule has 0 amide bonds. The molecule has 0 saturated heterocycles. The number of aromatic nitrogens is 5. The van der Waals surface area contributed by atoms with Crippen LogP contribution in [0.3, 0.4) is 0 Å². The lowest BCUT2D eigenvalue weighted by Crippen LogP contribution is -1.99. The molecule has 6 heteroatoms. The fraction of sp³-hybridized carbons (Fsp3) is 0. The summed E-state index contributed by atoms with van der Waals surface area (Å²) < 4.78 is 1.79. The second kappa shape index (κ2) is 5.89. The van der Waals surface area contributed by atoms with Crippen molar-refractivity contribution in [2.24, 2.45) is 0 Å². The van der Waals surface area contributed by atoms with E-state index in [1.807, 2.05) is 60.7 Å². The standard InChI is InChI=1S/C20H12ClN5/c21-15-7-5-13(6-8-15)18-16-3-1-2-4-17(16)20-24-23-19(26(20)25-18)14-9-11-22-12-10-14/h1-12H. The van der Waals surface area contributed by atoms with E-state index < -0.39 is 0 Å². The second-order valence-electron chi connectivity index (χ2n) is 5.90. The zero-order valence-electron chi connectivity index (χ0n) is 13.5. The molecule has 0 aliphatic rings. The number of pyridine rings is 1. The van der Waals surface area contributed by atoms with Crippen molar-refractivity contribution in [2.45, 2.75) is 0 Å². The Morgan fingerprint density at radius 3 is 2.23 bits per heavy atom. The average Bonchev–Trinajstić information content (AvgIpc) is 3.13. The second-order valence-corrected chi connectivity index (χ2v) is 6.33. The first-order valence-electron chi connectivity index (χ1n) is 8.12. The summed E-state index contributed by atoms with van der Waals surface area (Å²) in [4.78, 5) is 4.07. The molecule has 5 nitrogen and oxygen atoms in total. The van der Waals surface area contributed by atoms with Crippen molar-refractivity contribution < 1.29 is 0 Å². The van der Waals surface area contributed by atoms with Crippen LogP contribution in [0.15, 0.2) is 73.1 Å². The van der Waals surface area contributed by atoms with Gasteiger partial charge in [0, 0.05) is 39.3 Å². The molecule has 0 atom stereocenters. The van der Waals surface area contributed by atoms with Gasteiger partial charge in [-0.1, -0.05) is 48.0 Å². The molecule has 5 aromatic rings. The summed E-state index contributed by atoms with van der Waals surface area (Å²) in [6.07, 6.45) is 3.47.